The summed E-state index contributed by atoms with van der Waals surface area (Å²) in [5.41, 5.74) is 0. The first kappa shape index (κ1) is 15.9. The molecule has 8 heteroatoms. The van der Waals surface area contributed by atoms with Crippen LogP contribution in [0.1, 0.15) is 32.1 Å². The van der Waals surface area contributed by atoms with E-state index in [4.69, 9.17) is 5.11 Å². The largest absolute Gasteiger partial charge is 0.481 e. The van der Waals surface area contributed by atoms with Gasteiger partial charge < -0.3 is 9.84 Å². The van der Waals surface area contributed by atoms with Gasteiger partial charge in [-0.25, -0.2) is 8.42 Å². The fraction of sp³-hybridized carbons (Fsp3) is 0.818. The van der Waals surface area contributed by atoms with E-state index in [1.807, 2.05) is 0 Å². The van der Waals surface area contributed by atoms with E-state index in [9.17, 15) is 18.0 Å². The Morgan fingerprint density at radius 3 is 2.63 bits per heavy atom. The Morgan fingerprint density at radius 2 is 2.05 bits per heavy atom. The van der Waals surface area contributed by atoms with Crippen molar-refractivity contribution in [2.75, 3.05) is 19.4 Å². The first-order valence-electron chi connectivity index (χ1n) is 6.15. The lowest BCUT2D eigenvalue weighted by Crippen LogP contribution is -2.45. The third-order valence-corrected chi connectivity index (χ3v) is 5.05. The van der Waals surface area contributed by atoms with E-state index < -0.39 is 28.0 Å². The first-order chi connectivity index (χ1) is 8.86. The Kier molecular flexibility index (Phi) is 5.74. The second kappa shape index (κ2) is 6.85. The van der Waals surface area contributed by atoms with Crippen molar-refractivity contribution in [3.8, 4) is 0 Å². The Labute approximate surface area is 112 Å². The van der Waals surface area contributed by atoms with Gasteiger partial charge in [0, 0.05) is 12.6 Å². The quantitative estimate of drug-likeness (QED) is 0.702. The number of hydrogen-bond acceptors (Lipinski definition) is 5. The number of ether oxygens (including phenoxy) is 1. The maximum atomic E-state index is 12.1. The molecule has 0 bridgehead atoms. The van der Waals surface area contributed by atoms with Crippen molar-refractivity contribution in [2.45, 2.75) is 38.1 Å². The molecule has 1 rings (SSSR count). The average Bonchev–Trinajstić information content (AvgIpc) is 2.35. The van der Waals surface area contributed by atoms with Gasteiger partial charge in [-0.2, -0.15) is 4.31 Å². The summed E-state index contributed by atoms with van der Waals surface area (Å²) in [6, 6.07) is -0.506. The summed E-state index contributed by atoms with van der Waals surface area (Å²) < 4.78 is 29.9. The molecule has 1 heterocycles. The van der Waals surface area contributed by atoms with Gasteiger partial charge in [-0.3, -0.25) is 9.59 Å². The van der Waals surface area contributed by atoms with Crippen LogP contribution in [0.5, 0.6) is 0 Å². The molecule has 0 aromatic heterocycles. The number of rotatable bonds is 6. The van der Waals surface area contributed by atoms with Crippen molar-refractivity contribution >= 4 is 22.0 Å². The number of esters is 1. The minimum atomic E-state index is -3.61. The van der Waals surface area contributed by atoms with E-state index in [0.717, 1.165) is 6.42 Å². The lowest BCUT2D eigenvalue weighted by molar-refractivity contribution is -0.140. The molecule has 1 N–H and O–H groups in total. The minimum Gasteiger partial charge on any atom is -0.481 e. The van der Waals surface area contributed by atoms with Gasteiger partial charge in [-0.05, 0) is 12.8 Å². The molecular weight excluding hydrogens is 274 g/mol. The molecule has 1 aliphatic heterocycles. The topological polar surface area (TPSA) is 101 Å². The molecule has 7 nitrogen and oxygen atoms in total. The van der Waals surface area contributed by atoms with E-state index in [1.165, 1.54) is 11.4 Å². The van der Waals surface area contributed by atoms with Gasteiger partial charge >= 0.3 is 11.9 Å². The number of piperidine rings is 1. The highest BCUT2D eigenvalue weighted by atomic mass is 32.2. The predicted octanol–water partition coefficient (Wildman–Crippen LogP) is 0.209. The van der Waals surface area contributed by atoms with Gasteiger partial charge in [0.05, 0.1) is 25.7 Å². The molecule has 0 amide bonds. The Hall–Kier alpha value is -1.15. The Balaban J connectivity index is 2.72. The van der Waals surface area contributed by atoms with Crippen LogP contribution in [-0.4, -0.2) is 55.2 Å². The number of sulfonamides is 1. The van der Waals surface area contributed by atoms with Crippen LogP contribution in [0, 0.1) is 0 Å². The van der Waals surface area contributed by atoms with Crippen LogP contribution in [0.15, 0.2) is 0 Å². The highest BCUT2D eigenvalue weighted by molar-refractivity contribution is 7.89. The van der Waals surface area contributed by atoms with Crippen LogP contribution in [-0.2, 0) is 24.3 Å². The number of carboxylic acids is 1. The highest BCUT2D eigenvalue weighted by Gasteiger charge is 2.33. The van der Waals surface area contributed by atoms with Crippen LogP contribution in [0.2, 0.25) is 0 Å². The van der Waals surface area contributed by atoms with Crippen LogP contribution >= 0.6 is 0 Å². The number of nitrogens with zero attached hydrogens (tertiary/aromatic N) is 1. The molecule has 0 aliphatic carbocycles. The summed E-state index contributed by atoms with van der Waals surface area (Å²) in [4.78, 5) is 21.8. The van der Waals surface area contributed by atoms with Crippen LogP contribution in [0.25, 0.3) is 0 Å². The fourth-order valence-electron chi connectivity index (χ4n) is 2.18. The number of hydrogen-bond donors (Lipinski definition) is 1. The first-order valence-corrected chi connectivity index (χ1v) is 7.76. The highest BCUT2D eigenvalue weighted by Crippen LogP contribution is 2.23. The lowest BCUT2D eigenvalue weighted by atomic mass is 10.0. The molecule has 1 fully saturated rings. The van der Waals surface area contributed by atoms with E-state index >= 15 is 0 Å². The summed E-state index contributed by atoms with van der Waals surface area (Å²) in [5.74, 6) is -1.94. The Bertz CT molecular complexity index is 432. The SMILES string of the molecule is COC(=O)CCS(=O)(=O)N1CCCCC1CC(=O)O. The zero-order valence-electron chi connectivity index (χ0n) is 10.9. The van der Waals surface area contributed by atoms with Gasteiger partial charge in [-0.15, -0.1) is 0 Å². The average molecular weight is 293 g/mol. The molecule has 110 valence electrons. The zero-order chi connectivity index (χ0) is 14.5. The molecule has 1 saturated heterocycles. The second-order valence-electron chi connectivity index (χ2n) is 4.50. The van der Waals surface area contributed by atoms with Crippen LogP contribution in [0.3, 0.4) is 0 Å². The third kappa shape index (κ3) is 4.79. The number of methoxy groups -OCH3 is 1. The van der Waals surface area contributed by atoms with Gasteiger partial charge in [0.2, 0.25) is 10.0 Å². The minimum absolute atomic E-state index is 0.197. The maximum Gasteiger partial charge on any atom is 0.306 e. The van der Waals surface area contributed by atoms with Gasteiger partial charge in [0.25, 0.3) is 0 Å². The third-order valence-electron chi connectivity index (χ3n) is 3.13. The molecule has 0 saturated carbocycles. The molecule has 0 aromatic carbocycles. The molecule has 19 heavy (non-hydrogen) atoms. The summed E-state index contributed by atoms with van der Waals surface area (Å²) in [5, 5.41) is 8.81. The smallest absolute Gasteiger partial charge is 0.306 e. The summed E-state index contributed by atoms with van der Waals surface area (Å²) in [6.45, 7) is 0.321. The molecule has 0 aromatic rings. The standard InChI is InChI=1S/C11H19NO6S/c1-18-11(15)5-7-19(16,17)12-6-3-2-4-9(12)8-10(13)14/h9H,2-8H2,1H3,(H,13,14). The summed E-state index contributed by atoms with van der Waals surface area (Å²) in [6.07, 6.45) is 1.67. The van der Waals surface area contributed by atoms with Crippen LogP contribution < -0.4 is 0 Å². The van der Waals surface area contributed by atoms with Crippen molar-refractivity contribution in [1.29, 1.82) is 0 Å². The summed E-state index contributed by atoms with van der Waals surface area (Å²) >= 11 is 0. The fourth-order valence-corrected chi connectivity index (χ4v) is 3.88. The van der Waals surface area contributed by atoms with Crippen molar-refractivity contribution in [2.24, 2.45) is 0 Å². The molecular formula is C11H19NO6S. The number of carboxylic acid groups (broad SMARTS) is 1. The van der Waals surface area contributed by atoms with Crippen molar-refractivity contribution in [3.63, 3.8) is 0 Å². The van der Waals surface area contributed by atoms with Gasteiger partial charge in [0.1, 0.15) is 0 Å². The molecule has 1 unspecified atom stereocenters. The van der Waals surface area contributed by atoms with Gasteiger partial charge in [-0.1, -0.05) is 6.42 Å². The predicted molar refractivity (Wildman–Crippen MR) is 67.0 cm³/mol. The molecule has 0 spiro atoms. The van der Waals surface area contributed by atoms with Gasteiger partial charge in [0.15, 0.2) is 0 Å². The van der Waals surface area contributed by atoms with E-state index in [0.29, 0.717) is 19.4 Å². The summed E-state index contributed by atoms with van der Waals surface area (Å²) in [7, 11) is -2.42. The number of aliphatic carboxylic acids is 1. The molecule has 0 radical (unpaired) electrons. The Morgan fingerprint density at radius 1 is 1.37 bits per heavy atom. The zero-order valence-corrected chi connectivity index (χ0v) is 11.7. The van der Waals surface area contributed by atoms with Crippen LogP contribution in [0.4, 0.5) is 0 Å². The van der Waals surface area contributed by atoms with Crippen molar-refractivity contribution in [3.05, 3.63) is 0 Å². The van der Waals surface area contributed by atoms with Crippen molar-refractivity contribution < 1.29 is 27.9 Å². The second-order valence-corrected chi connectivity index (χ2v) is 6.54. The molecule has 1 atom stereocenters. The normalized spacial score (nSPS) is 21.0. The van der Waals surface area contributed by atoms with E-state index in [2.05, 4.69) is 4.74 Å². The number of carbonyl (C=O) groups excluding carboxylic acids is 1. The monoisotopic (exact) mass is 293 g/mol. The maximum absolute atomic E-state index is 12.1. The van der Waals surface area contributed by atoms with E-state index in [1.54, 1.807) is 0 Å². The number of carbonyl (C=O) groups is 2. The van der Waals surface area contributed by atoms with E-state index in [-0.39, 0.29) is 18.6 Å². The van der Waals surface area contributed by atoms with Crippen molar-refractivity contribution in [1.82, 2.24) is 4.31 Å². The molecule has 1 aliphatic rings. The lowest BCUT2D eigenvalue weighted by Gasteiger charge is -2.33.